The normalized spacial score (nSPS) is 19.2. The zero-order chi connectivity index (χ0) is 17.4. The maximum absolute atomic E-state index is 12.1. The first kappa shape index (κ1) is 16.6. The van der Waals surface area contributed by atoms with Crippen molar-refractivity contribution in [3.63, 3.8) is 0 Å². The Morgan fingerprint density at radius 3 is 2.84 bits per heavy atom. The van der Waals surface area contributed by atoms with Crippen molar-refractivity contribution < 1.29 is 4.42 Å². The maximum Gasteiger partial charge on any atom is 0.256 e. The summed E-state index contributed by atoms with van der Waals surface area (Å²) in [7, 11) is 0. The van der Waals surface area contributed by atoms with Crippen molar-refractivity contribution in [3.05, 3.63) is 44.3 Å². The molecule has 4 heterocycles. The summed E-state index contributed by atoms with van der Waals surface area (Å²) in [5.41, 5.74) is 1.68. The van der Waals surface area contributed by atoms with E-state index in [9.17, 15) is 4.79 Å². The fourth-order valence-corrected chi connectivity index (χ4v) is 3.93. The van der Waals surface area contributed by atoms with Crippen LogP contribution in [0.25, 0.3) is 0 Å². The predicted molar refractivity (Wildman–Crippen MR) is 99.4 cm³/mol. The molecule has 2 aromatic heterocycles. The SMILES string of the molecule is CC1CCN(c2ccc(CN3CCc4[nH]c(=S)[nH]c(=O)c4C3)o2)CC1. The molecule has 0 unspecified atom stereocenters. The van der Waals surface area contributed by atoms with Crippen LogP contribution in [0.1, 0.15) is 36.8 Å². The molecule has 0 saturated carbocycles. The van der Waals surface area contributed by atoms with Crippen LogP contribution in [0.3, 0.4) is 0 Å². The summed E-state index contributed by atoms with van der Waals surface area (Å²) in [5.74, 6) is 2.74. The largest absolute Gasteiger partial charge is 0.444 e. The van der Waals surface area contributed by atoms with Crippen molar-refractivity contribution in [2.45, 2.75) is 39.3 Å². The van der Waals surface area contributed by atoms with Crippen LogP contribution in [0.5, 0.6) is 0 Å². The number of furan rings is 1. The van der Waals surface area contributed by atoms with Crippen LogP contribution in [-0.4, -0.2) is 34.5 Å². The van der Waals surface area contributed by atoms with Crippen LogP contribution in [0.15, 0.2) is 21.3 Å². The molecule has 0 radical (unpaired) electrons. The van der Waals surface area contributed by atoms with Crippen LogP contribution in [0.2, 0.25) is 0 Å². The average Bonchev–Trinajstić information content (AvgIpc) is 3.04. The van der Waals surface area contributed by atoms with E-state index in [0.717, 1.165) is 61.4 Å². The fraction of sp³-hybridized carbons (Fsp3) is 0.556. The van der Waals surface area contributed by atoms with Gasteiger partial charge in [-0.1, -0.05) is 6.92 Å². The second-order valence-corrected chi connectivity index (χ2v) is 7.64. The molecule has 25 heavy (non-hydrogen) atoms. The van der Waals surface area contributed by atoms with Gasteiger partial charge in [-0.15, -0.1) is 0 Å². The molecule has 0 bridgehead atoms. The van der Waals surface area contributed by atoms with Gasteiger partial charge in [-0.25, -0.2) is 0 Å². The molecule has 1 fully saturated rings. The quantitative estimate of drug-likeness (QED) is 0.824. The molecular formula is C18H24N4O2S. The Morgan fingerprint density at radius 1 is 1.24 bits per heavy atom. The second kappa shape index (κ2) is 6.80. The van der Waals surface area contributed by atoms with Crippen LogP contribution < -0.4 is 10.5 Å². The Hall–Kier alpha value is -1.86. The van der Waals surface area contributed by atoms with Gasteiger partial charge in [-0.3, -0.25) is 14.7 Å². The first-order chi connectivity index (χ1) is 12.1. The summed E-state index contributed by atoms with van der Waals surface area (Å²) in [6.07, 6.45) is 3.26. The highest BCUT2D eigenvalue weighted by molar-refractivity contribution is 7.71. The minimum absolute atomic E-state index is 0.0778. The third-order valence-corrected chi connectivity index (χ3v) is 5.52. The van der Waals surface area contributed by atoms with E-state index in [1.54, 1.807) is 0 Å². The summed E-state index contributed by atoms with van der Waals surface area (Å²) < 4.78 is 6.48. The molecule has 2 aromatic rings. The summed E-state index contributed by atoms with van der Waals surface area (Å²) in [5, 5.41) is 0. The molecule has 0 atom stereocenters. The molecule has 2 N–H and O–H groups in total. The van der Waals surface area contributed by atoms with E-state index in [1.165, 1.54) is 12.8 Å². The van der Waals surface area contributed by atoms with Gasteiger partial charge < -0.3 is 14.3 Å². The Morgan fingerprint density at radius 2 is 2.04 bits per heavy atom. The van der Waals surface area contributed by atoms with Crippen LogP contribution >= 0.6 is 12.2 Å². The van der Waals surface area contributed by atoms with Gasteiger partial charge in [-0.05, 0) is 37.0 Å². The van der Waals surface area contributed by atoms with E-state index < -0.39 is 0 Å². The molecule has 6 nitrogen and oxygen atoms in total. The van der Waals surface area contributed by atoms with Gasteiger partial charge >= 0.3 is 0 Å². The van der Waals surface area contributed by atoms with E-state index in [0.29, 0.717) is 11.3 Å². The third kappa shape index (κ3) is 3.57. The summed E-state index contributed by atoms with van der Waals surface area (Å²) in [4.78, 5) is 22.5. The molecule has 1 saturated heterocycles. The third-order valence-electron chi connectivity index (χ3n) is 5.31. The van der Waals surface area contributed by atoms with E-state index in [4.69, 9.17) is 16.6 Å². The molecule has 0 spiro atoms. The van der Waals surface area contributed by atoms with Crippen molar-refractivity contribution in [1.29, 1.82) is 0 Å². The molecule has 134 valence electrons. The van der Waals surface area contributed by atoms with E-state index >= 15 is 0 Å². The molecular weight excluding hydrogens is 336 g/mol. The Labute approximate surface area is 151 Å². The second-order valence-electron chi connectivity index (χ2n) is 7.24. The minimum atomic E-state index is -0.0778. The lowest BCUT2D eigenvalue weighted by Crippen LogP contribution is -2.35. The first-order valence-corrected chi connectivity index (χ1v) is 9.39. The van der Waals surface area contributed by atoms with Crippen LogP contribution in [-0.2, 0) is 19.5 Å². The number of nitrogens with one attached hydrogen (secondary N) is 2. The first-order valence-electron chi connectivity index (χ1n) is 8.99. The predicted octanol–water partition coefficient (Wildman–Crippen LogP) is 2.82. The fourth-order valence-electron chi connectivity index (χ4n) is 3.72. The van der Waals surface area contributed by atoms with Gasteiger partial charge in [-0.2, -0.15) is 0 Å². The van der Waals surface area contributed by atoms with E-state index in [-0.39, 0.29) is 5.56 Å². The van der Waals surface area contributed by atoms with Crippen molar-refractivity contribution in [2.24, 2.45) is 5.92 Å². The molecule has 7 heteroatoms. The topological polar surface area (TPSA) is 68.3 Å². The van der Waals surface area contributed by atoms with Crippen LogP contribution in [0.4, 0.5) is 5.88 Å². The van der Waals surface area contributed by atoms with E-state index in [1.807, 2.05) is 0 Å². The highest BCUT2D eigenvalue weighted by Crippen LogP contribution is 2.26. The van der Waals surface area contributed by atoms with Gasteiger partial charge in [0, 0.05) is 44.4 Å². The number of piperidine rings is 1. The molecule has 0 amide bonds. The number of hydrogen-bond acceptors (Lipinski definition) is 5. The number of aromatic nitrogens is 2. The highest BCUT2D eigenvalue weighted by Gasteiger charge is 2.22. The Kier molecular flexibility index (Phi) is 4.52. The molecule has 0 aliphatic carbocycles. The molecule has 2 aliphatic heterocycles. The summed E-state index contributed by atoms with van der Waals surface area (Å²) in [6, 6.07) is 4.14. The standard InChI is InChI=1S/C18H24N4O2S/c1-12-4-8-22(9-5-12)16-3-2-13(24-16)10-21-7-6-15-14(11-21)17(23)20-18(25)19-15/h2-3,12H,4-11H2,1H3,(H2,19,20,23,25). The summed E-state index contributed by atoms with van der Waals surface area (Å²) in [6.45, 7) is 6.68. The zero-order valence-electron chi connectivity index (χ0n) is 14.5. The monoisotopic (exact) mass is 360 g/mol. The van der Waals surface area contributed by atoms with Crippen molar-refractivity contribution in [1.82, 2.24) is 14.9 Å². The van der Waals surface area contributed by atoms with Crippen molar-refractivity contribution in [3.8, 4) is 0 Å². The lowest BCUT2D eigenvalue weighted by molar-refractivity contribution is 0.222. The number of rotatable bonds is 3. The number of hydrogen-bond donors (Lipinski definition) is 2. The average molecular weight is 360 g/mol. The van der Waals surface area contributed by atoms with Gasteiger partial charge in [0.2, 0.25) is 0 Å². The Bertz CT molecular complexity index is 860. The maximum atomic E-state index is 12.1. The number of H-pyrrole nitrogens is 2. The van der Waals surface area contributed by atoms with Gasteiger partial charge in [0.15, 0.2) is 10.7 Å². The lowest BCUT2D eigenvalue weighted by Gasteiger charge is -2.30. The number of aromatic amines is 2. The van der Waals surface area contributed by atoms with Gasteiger partial charge in [0.05, 0.1) is 12.1 Å². The van der Waals surface area contributed by atoms with Crippen molar-refractivity contribution in [2.75, 3.05) is 24.5 Å². The number of anilines is 1. The van der Waals surface area contributed by atoms with Crippen LogP contribution in [0, 0.1) is 10.7 Å². The lowest BCUT2D eigenvalue weighted by atomic mass is 9.99. The number of fused-ring (bicyclic) bond motifs is 1. The molecule has 2 aliphatic rings. The molecule has 4 rings (SSSR count). The highest BCUT2D eigenvalue weighted by atomic mass is 32.1. The van der Waals surface area contributed by atoms with Crippen molar-refractivity contribution >= 4 is 18.1 Å². The van der Waals surface area contributed by atoms with Gasteiger partial charge in [0.1, 0.15) is 5.76 Å². The van der Waals surface area contributed by atoms with E-state index in [2.05, 4.69) is 38.8 Å². The zero-order valence-corrected chi connectivity index (χ0v) is 15.3. The Balaban J connectivity index is 1.43. The minimum Gasteiger partial charge on any atom is -0.444 e. The molecule has 0 aromatic carbocycles. The number of nitrogens with zero attached hydrogens (tertiary/aromatic N) is 2. The smallest absolute Gasteiger partial charge is 0.256 e. The van der Waals surface area contributed by atoms with Gasteiger partial charge in [0.25, 0.3) is 5.56 Å². The summed E-state index contributed by atoms with van der Waals surface area (Å²) >= 11 is 5.05.